The van der Waals surface area contributed by atoms with E-state index in [0.29, 0.717) is 6.54 Å². The number of amides is 2. The molecule has 12 heavy (non-hydrogen) atoms. The van der Waals surface area contributed by atoms with Crippen molar-refractivity contribution in [2.75, 3.05) is 13.6 Å². The van der Waals surface area contributed by atoms with Crippen molar-refractivity contribution < 1.29 is 9.59 Å². The third-order valence-electron chi connectivity index (χ3n) is 1.83. The van der Waals surface area contributed by atoms with Crippen LogP contribution in [0.25, 0.3) is 0 Å². The SMILES string of the molecule is C#CCNC1CC(=O)N(C)C1=O. The highest BCUT2D eigenvalue weighted by Gasteiger charge is 2.35. The molecule has 1 fully saturated rings. The summed E-state index contributed by atoms with van der Waals surface area (Å²) in [6.45, 7) is 0.317. The maximum Gasteiger partial charge on any atom is 0.246 e. The summed E-state index contributed by atoms with van der Waals surface area (Å²) >= 11 is 0. The number of hydrogen-bond acceptors (Lipinski definition) is 3. The van der Waals surface area contributed by atoms with Crippen LogP contribution in [0.2, 0.25) is 0 Å². The summed E-state index contributed by atoms with van der Waals surface area (Å²) in [5.41, 5.74) is 0. The fourth-order valence-corrected chi connectivity index (χ4v) is 1.10. The van der Waals surface area contributed by atoms with E-state index in [1.165, 1.54) is 7.05 Å². The summed E-state index contributed by atoms with van der Waals surface area (Å²) in [7, 11) is 1.47. The van der Waals surface area contributed by atoms with Gasteiger partial charge in [0.25, 0.3) is 0 Å². The van der Waals surface area contributed by atoms with Crippen LogP contribution in [0.1, 0.15) is 6.42 Å². The summed E-state index contributed by atoms with van der Waals surface area (Å²) in [5.74, 6) is 1.99. The van der Waals surface area contributed by atoms with Gasteiger partial charge in [0.15, 0.2) is 0 Å². The summed E-state index contributed by atoms with van der Waals surface area (Å²) in [5, 5.41) is 2.79. The average Bonchev–Trinajstić information content (AvgIpc) is 2.30. The molecule has 0 radical (unpaired) electrons. The van der Waals surface area contributed by atoms with Crippen LogP contribution in [0, 0.1) is 12.3 Å². The molecular formula is C8H10N2O2. The van der Waals surface area contributed by atoms with Crippen molar-refractivity contribution in [2.45, 2.75) is 12.5 Å². The van der Waals surface area contributed by atoms with Crippen LogP contribution in [0.15, 0.2) is 0 Å². The average molecular weight is 166 g/mol. The third kappa shape index (κ3) is 1.46. The lowest BCUT2D eigenvalue weighted by Crippen LogP contribution is -2.37. The van der Waals surface area contributed by atoms with Gasteiger partial charge in [0, 0.05) is 7.05 Å². The number of nitrogens with one attached hydrogen (secondary N) is 1. The molecule has 1 aliphatic heterocycles. The number of nitrogens with zero attached hydrogens (tertiary/aromatic N) is 1. The second kappa shape index (κ2) is 3.37. The lowest BCUT2D eigenvalue weighted by molar-refractivity contribution is -0.137. The minimum absolute atomic E-state index is 0.158. The minimum Gasteiger partial charge on any atom is -0.295 e. The highest BCUT2D eigenvalue weighted by molar-refractivity contribution is 6.05. The number of terminal acetylenes is 1. The zero-order chi connectivity index (χ0) is 9.14. The van der Waals surface area contributed by atoms with Crippen LogP contribution in [-0.4, -0.2) is 36.3 Å². The second-order valence-electron chi connectivity index (χ2n) is 2.63. The van der Waals surface area contributed by atoms with Gasteiger partial charge in [-0.3, -0.25) is 19.8 Å². The van der Waals surface area contributed by atoms with Crippen LogP contribution in [0.3, 0.4) is 0 Å². The molecular weight excluding hydrogens is 156 g/mol. The van der Waals surface area contributed by atoms with Gasteiger partial charge in [-0.1, -0.05) is 5.92 Å². The topological polar surface area (TPSA) is 49.4 Å². The number of likely N-dealkylation sites (tertiary alicyclic amines) is 1. The first-order chi connectivity index (χ1) is 5.66. The highest BCUT2D eigenvalue weighted by atomic mass is 16.2. The Morgan fingerprint density at radius 2 is 2.42 bits per heavy atom. The van der Waals surface area contributed by atoms with Crippen molar-refractivity contribution in [1.82, 2.24) is 10.2 Å². The number of carbonyl (C=O) groups is 2. The molecule has 0 spiro atoms. The predicted octanol–water partition coefficient (Wildman–Crippen LogP) is -1.03. The van der Waals surface area contributed by atoms with Crippen LogP contribution in [-0.2, 0) is 9.59 Å². The van der Waals surface area contributed by atoms with E-state index in [2.05, 4.69) is 11.2 Å². The maximum absolute atomic E-state index is 11.2. The molecule has 0 saturated carbocycles. The number of likely N-dealkylation sites (N-methyl/N-ethyl adjacent to an activating group) is 1. The second-order valence-corrected chi connectivity index (χ2v) is 2.63. The summed E-state index contributed by atoms with van der Waals surface area (Å²) in [6, 6.07) is -0.418. The molecule has 4 heteroatoms. The first kappa shape index (κ1) is 8.75. The quantitative estimate of drug-likeness (QED) is 0.421. The van der Waals surface area contributed by atoms with E-state index in [0.717, 1.165) is 4.90 Å². The Hall–Kier alpha value is -1.34. The molecule has 0 aromatic carbocycles. The highest BCUT2D eigenvalue weighted by Crippen LogP contribution is 2.09. The first-order valence-corrected chi connectivity index (χ1v) is 3.64. The fraction of sp³-hybridized carbons (Fsp3) is 0.500. The fourth-order valence-electron chi connectivity index (χ4n) is 1.10. The maximum atomic E-state index is 11.2. The molecule has 1 aliphatic rings. The normalized spacial score (nSPS) is 23.0. The van der Waals surface area contributed by atoms with Crippen LogP contribution in [0.4, 0.5) is 0 Å². The molecule has 2 amide bonds. The standard InChI is InChI=1S/C8H10N2O2/c1-3-4-9-6-5-7(11)10(2)8(6)12/h1,6,9H,4-5H2,2H3. The predicted molar refractivity (Wildman–Crippen MR) is 43.0 cm³/mol. The van der Waals surface area contributed by atoms with Crippen molar-refractivity contribution in [3.8, 4) is 12.3 Å². The Labute approximate surface area is 70.9 Å². The lowest BCUT2D eigenvalue weighted by atomic mass is 10.2. The molecule has 0 aromatic rings. The Morgan fingerprint density at radius 3 is 2.83 bits per heavy atom. The van der Waals surface area contributed by atoms with E-state index in [-0.39, 0.29) is 18.2 Å². The van der Waals surface area contributed by atoms with Gasteiger partial charge in [-0.05, 0) is 0 Å². The van der Waals surface area contributed by atoms with E-state index < -0.39 is 6.04 Å². The van der Waals surface area contributed by atoms with Gasteiger partial charge in [0.1, 0.15) is 0 Å². The molecule has 0 aromatic heterocycles. The number of hydrogen-bond donors (Lipinski definition) is 1. The number of carbonyl (C=O) groups excluding carboxylic acids is 2. The zero-order valence-electron chi connectivity index (χ0n) is 6.83. The van der Waals surface area contributed by atoms with E-state index in [4.69, 9.17) is 6.42 Å². The van der Waals surface area contributed by atoms with Gasteiger partial charge in [0.05, 0.1) is 19.0 Å². The molecule has 1 unspecified atom stereocenters. The van der Waals surface area contributed by atoms with Gasteiger partial charge in [-0.15, -0.1) is 6.42 Å². The van der Waals surface area contributed by atoms with E-state index in [1.54, 1.807) is 0 Å². The van der Waals surface area contributed by atoms with Crippen LogP contribution >= 0.6 is 0 Å². The Bertz CT molecular complexity index is 254. The minimum atomic E-state index is -0.418. The van der Waals surface area contributed by atoms with Crippen molar-refractivity contribution in [2.24, 2.45) is 0 Å². The van der Waals surface area contributed by atoms with E-state index >= 15 is 0 Å². The molecule has 64 valence electrons. The van der Waals surface area contributed by atoms with Gasteiger partial charge in [-0.25, -0.2) is 0 Å². The smallest absolute Gasteiger partial charge is 0.246 e. The van der Waals surface area contributed by atoms with Crippen LogP contribution in [0.5, 0.6) is 0 Å². The summed E-state index contributed by atoms with van der Waals surface area (Å²) in [6.07, 6.45) is 5.22. The van der Waals surface area contributed by atoms with E-state index in [1.807, 2.05) is 0 Å². The van der Waals surface area contributed by atoms with Crippen molar-refractivity contribution in [3.05, 3.63) is 0 Å². The third-order valence-corrected chi connectivity index (χ3v) is 1.83. The Morgan fingerprint density at radius 1 is 1.75 bits per heavy atom. The number of rotatable bonds is 2. The van der Waals surface area contributed by atoms with Crippen LogP contribution < -0.4 is 5.32 Å². The van der Waals surface area contributed by atoms with Gasteiger partial charge in [-0.2, -0.15) is 0 Å². The summed E-state index contributed by atoms with van der Waals surface area (Å²) < 4.78 is 0. The van der Waals surface area contributed by atoms with Gasteiger partial charge in [0.2, 0.25) is 11.8 Å². The van der Waals surface area contributed by atoms with Gasteiger partial charge >= 0.3 is 0 Å². The van der Waals surface area contributed by atoms with Crippen molar-refractivity contribution >= 4 is 11.8 Å². The van der Waals surface area contributed by atoms with Gasteiger partial charge < -0.3 is 0 Å². The zero-order valence-corrected chi connectivity index (χ0v) is 6.83. The first-order valence-electron chi connectivity index (χ1n) is 3.64. The molecule has 1 N–H and O–H groups in total. The molecule has 1 rings (SSSR count). The number of imide groups is 1. The van der Waals surface area contributed by atoms with E-state index in [9.17, 15) is 9.59 Å². The van der Waals surface area contributed by atoms with Crippen molar-refractivity contribution in [3.63, 3.8) is 0 Å². The largest absolute Gasteiger partial charge is 0.295 e. The molecule has 1 saturated heterocycles. The Kier molecular flexibility index (Phi) is 2.46. The molecule has 0 aliphatic carbocycles. The molecule has 1 heterocycles. The summed E-state index contributed by atoms with van der Waals surface area (Å²) in [4.78, 5) is 23.3. The molecule has 4 nitrogen and oxygen atoms in total. The monoisotopic (exact) mass is 166 g/mol. The molecule has 1 atom stereocenters. The Balaban J connectivity index is 2.54. The lowest BCUT2D eigenvalue weighted by Gasteiger charge is -2.07. The van der Waals surface area contributed by atoms with Crippen molar-refractivity contribution in [1.29, 1.82) is 0 Å². The molecule has 0 bridgehead atoms.